The van der Waals surface area contributed by atoms with Crippen LogP contribution in [0.3, 0.4) is 0 Å². The highest BCUT2D eigenvalue weighted by molar-refractivity contribution is 6.07. The Hall–Kier alpha value is -3.61. The standard InChI is InChI=1S/C20H18N4O3/c1-12-6-7-15-16-10-21-24(19(25)18(16)23(2)17(15)8-12)11-13-4-3-5-14(9-13)22-20(26)27/h3-10,22H,11H2,1-2H3,(H,26,27). The highest BCUT2D eigenvalue weighted by Gasteiger charge is 2.14. The first-order valence-corrected chi connectivity index (χ1v) is 8.48. The minimum Gasteiger partial charge on any atom is -0.465 e. The number of rotatable bonds is 3. The third kappa shape index (κ3) is 2.93. The molecule has 2 N–H and O–H groups in total. The summed E-state index contributed by atoms with van der Waals surface area (Å²) in [6, 6.07) is 13.0. The van der Waals surface area contributed by atoms with Gasteiger partial charge in [0.2, 0.25) is 0 Å². The van der Waals surface area contributed by atoms with Gasteiger partial charge in [-0.15, -0.1) is 0 Å². The molecule has 0 aliphatic carbocycles. The largest absolute Gasteiger partial charge is 0.465 e. The zero-order chi connectivity index (χ0) is 19.1. The normalized spacial score (nSPS) is 11.2. The smallest absolute Gasteiger partial charge is 0.409 e. The topological polar surface area (TPSA) is 89.2 Å². The van der Waals surface area contributed by atoms with Crippen LogP contribution < -0.4 is 10.9 Å². The van der Waals surface area contributed by atoms with Crippen molar-refractivity contribution >= 4 is 33.6 Å². The van der Waals surface area contributed by atoms with Crippen molar-refractivity contribution in [1.29, 1.82) is 0 Å². The predicted molar refractivity (Wildman–Crippen MR) is 104 cm³/mol. The fraction of sp³-hybridized carbons (Fsp3) is 0.150. The molecule has 136 valence electrons. The zero-order valence-electron chi connectivity index (χ0n) is 14.9. The second kappa shape index (κ2) is 6.28. The SMILES string of the molecule is Cc1ccc2c3cnn(Cc4cccc(NC(=O)O)c4)c(=O)c3n(C)c2c1. The Kier molecular flexibility index (Phi) is 3.92. The Balaban J connectivity index is 1.81. The molecule has 2 aromatic carbocycles. The van der Waals surface area contributed by atoms with E-state index in [2.05, 4.69) is 16.5 Å². The Morgan fingerprint density at radius 3 is 2.78 bits per heavy atom. The molecule has 0 fully saturated rings. The lowest BCUT2D eigenvalue weighted by molar-refractivity contribution is 0.210. The van der Waals surface area contributed by atoms with Crippen LogP contribution in [-0.4, -0.2) is 25.5 Å². The van der Waals surface area contributed by atoms with E-state index in [1.54, 1.807) is 24.4 Å². The number of nitrogens with one attached hydrogen (secondary N) is 1. The Bertz CT molecular complexity index is 1250. The predicted octanol–water partition coefficient (Wildman–Crippen LogP) is 3.33. The third-order valence-electron chi connectivity index (χ3n) is 4.67. The number of carboxylic acid groups (broad SMARTS) is 1. The van der Waals surface area contributed by atoms with Crippen molar-refractivity contribution in [1.82, 2.24) is 14.3 Å². The maximum atomic E-state index is 13.0. The Labute approximate surface area is 154 Å². The van der Waals surface area contributed by atoms with Gasteiger partial charge in [-0.05, 0) is 36.2 Å². The van der Waals surface area contributed by atoms with Crippen LogP contribution in [0.25, 0.3) is 21.8 Å². The van der Waals surface area contributed by atoms with Gasteiger partial charge in [0.15, 0.2) is 0 Å². The van der Waals surface area contributed by atoms with Crippen molar-refractivity contribution in [2.75, 3.05) is 5.32 Å². The molecule has 2 heterocycles. The molecular weight excluding hydrogens is 344 g/mol. The molecule has 0 aliphatic heterocycles. The van der Waals surface area contributed by atoms with Crippen molar-refractivity contribution < 1.29 is 9.90 Å². The number of benzene rings is 2. The van der Waals surface area contributed by atoms with Crippen LogP contribution in [0.2, 0.25) is 0 Å². The van der Waals surface area contributed by atoms with Gasteiger partial charge in [-0.1, -0.05) is 24.3 Å². The molecule has 0 radical (unpaired) electrons. The number of anilines is 1. The van der Waals surface area contributed by atoms with Crippen LogP contribution in [0.5, 0.6) is 0 Å². The lowest BCUT2D eigenvalue weighted by Gasteiger charge is -2.07. The minimum atomic E-state index is -1.13. The van der Waals surface area contributed by atoms with E-state index in [0.29, 0.717) is 11.2 Å². The van der Waals surface area contributed by atoms with Crippen molar-refractivity contribution in [3.63, 3.8) is 0 Å². The summed E-state index contributed by atoms with van der Waals surface area (Å²) in [5.41, 5.74) is 3.78. The van der Waals surface area contributed by atoms with Crippen LogP contribution in [-0.2, 0) is 13.6 Å². The summed E-state index contributed by atoms with van der Waals surface area (Å²) in [4.78, 5) is 23.8. The summed E-state index contributed by atoms with van der Waals surface area (Å²) in [5.74, 6) is 0. The molecular formula is C20H18N4O3. The lowest BCUT2D eigenvalue weighted by Crippen LogP contribution is -2.24. The number of carbonyl (C=O) groups is 1. The number of hydrogen-bond donors (Lipinski definition) is 2. The van der Waals surface area contributed by atoms with Crippen LogP contribution >= 0.6 is 0 Å². The Morgan fingerprint density at radius 2 is 2.00 bits per heavy atom. The van der Waals surface area contributed by atoms with Crippen molar-refractivity contribution in [2.24, 2.45) is 7.05 Å². The summed E-state index contributed by atoms with van der Waals surface area (Å²) in [6.45, 7) is 2.27. The number of hydrogen-bond acceptors (Lipinski definition) is 3. The van der Waals surface area contributed by atoms with Gasteiger partial charge in [-0.2, -0.15) is 5.10 Å². The van der Waals surface area contributed by atoms with E-state index in [1.807, 2.05) is 36.7 Å². The van der Waals surface area contributed by atoms with Crippen LogP contribution in [0.15, 0.2) is 53.5 Å². The molecule has 7 nitrogen and oxygen atoms in total. The number of fused-ring (bicyclic) bond motifs is 3. The number of aromatic nitrogens is 3. The molecule has 27 heavy (non-hydrogen) atoms. The number of nitrogens with zero attached hydrogens (tertiary/aromatic N) is 3. The van der Waals surface area contributed by atoms with E-state index in [0.717, 1.165) is 27.4 Å². The van der Waals surface area contributed by atoms with Gasteiger partial charge in [0.1, 0.15) is 5.52 Å². The second-order valence-electron chi connectivity index (χ2n) is 6.58. The van der Waals surface area contributed by atoms with E-state index in [4.69, 9.17) is 5.11 Å². The lowest BCUT2D eigenvalue weighted by atomic mass is 10.1. The van der Waals surface area contributed by atoms with Gasteiger partial charge in [-0.25, -0.2) is 9.48 Å². The molecule has 2 aromatic heterocycles. The second-order valence-corrected chi connectivity index (χ2v) is 6.58. The van der Waals surface area contributed by atoms with Gasteiger partial charge in [-0.3, -0.25) is 10.1 Å². The average molecular weight is 362 g/mol. The number of amides is 1. The van der Waals surface area contributed by atoms with Gasteiger partial charge in [0.05, 0.1) is 12.7 Å². The van der Waals surface area contributed by atoms with Crippen LogP contribution in [0, 0.1) is 6.92 Å². The van der Waals surface area contributed by atoms with E-state index < -0.39 is 6.09 Å². The van der Waals surface area contributed by atoms with Gasteiger partial charge >= 0.3 is 6.09 Å². The van der Waals surface area contributed by atoms with Crippen LogP contribution in [0.4, 0.5) is 10.5 Å². The maximum absolute atomic E-state index is 13.0. The van der Waals surface area contributed by atoms with Crippen LogP contribution in [0.1, 0.15) is 11.1 Å². The minimum absolute atomic E-state index is 0.180. The quantitative estimate of drug-likeness (QED) is 0.585. The molecule has 0 saturated heterocycles. The summed E-state index contributed by atoms with van der Waals surface area (Å²) >= 11 is 0. The van der Waals surface area contributed by atoms with E-state index in [-0.39, 0.29) is 12.1 Å². The molecule has 0 bridgehead atoms. The molecule has 7 heteroatoms. The molecule has 0 unspecified atom stereocenters. The summed E-state index contributed by atoms with van der Waals surface area (Å²) < 4.78 is 3.30. The molecule has 4 aromatic rings. The number of aryl methyl sites for hydroxylation is 2. The van der Waals surface area contributed by atoms with Crippen molar-refractivity contribution in [3.8, 4) is 0 Å². The van der Waals surface area contributed by atoms with E-state index >= 15 is 0 Å². The van der Waals surface area contributed by atoms with Gasteiger partial charge in [0.25, 0.3) is 5.56 Å². The summed E-state index contributed by atoms with van der Waals surface area (Å²) in [6.07, 6.45) is 0.586. The average Bonchev–Trinajstić information content (AvgIpc) is 2.90. The van der Waals surface area contributed by atoms with E-state index in [9.17, 15) is 9.59 Å². The fourth-order valence-corrected chi connectivity index (χ4v) is 3.42. The first-order chi connectivity index (χ1) is 12.9. The monoisotopic (exact) mass is 362 g/mol. The molecule has 0 spiro atoms. The van der Waals surface area contributed by atoms with Gasteiger partial charge < -0.3 is 9.67 Å². The molecule has 4 rings (SSSR count). The third-order valence-corrected chi connectivity index (χ3v) is 4.67. The fourth-order valence-electron chi connectivity index (χ4n) is 3.42. The summed E-state index contributed by atoms with van der Waals surface area (Å²) in [5, 5.41) is 17.3. The molecule has 0 saturated carbocycles. The zero-order valence-corrected chi connectivity index (χ0v) is 14.9. The maximum Gasteiger partial charge on any atom is 0.409 e. The van der Waals surface area contributed by atoms with Crippen molar-refractivity contribution in [3.05, 3.63) is 70.1 Å². The highest BCUT2D eigenvalue weighted by Crippen LogP contribution is 2.26. The first-order valence-electron chi connectivity index (χ1n) is 8.48. The van der Waals surface area contributed by atoms with Crippen molar-refractivity contribution in [2.45, 2.75) is 13.5 Å². The first kappa shape index (κ1) is 16.8. The highest BCUT2D eigenvalue weighted by atomic mass is 16.4. The molecule has 0 aliphatic rings. The van der Waals surface area contributed by atoms with Gasteiger partial charge in [0, 0.05) is 29.0 Å². The van der Waals surface area contributed by atoms with E-state index in [1.165, 1.54) is 4.68 Å². The molecule has 1 amide bonds. The summed E-state index contributed by atoms with van der Waals surface area (Å²) in [7, 11) is 1.88. The Morgan fingerprint density at radius 1 is 1.19 bits per heavy atom. The molecule has 0 atom stereocenters.